The molecule has 0 saturated carbocycles. The van der Waals surface area contributed by atoms with Gasteiger partial charge in [0.15, 0.2) is 12.1 Å². The lowest BCUT2D eigenvalue weighted by Gasteiger charge is -2.02. The summed E-state index contributed by atoms with van der Waals surface area (Å²) in [5.74, 6) is -0.197. The second kappa shape index (κ2) is 4.16. The zero-order chi connectivity index (χ0) is 10.7. The van der Waals surface area contributed by atoms with Gasteiger partial charge in [-0.2, -0.15) is 5.26 Å². The van der Waals surface area contributed by atoms with E-state index in [-0.39, 0.29) is 11.3 Å². The lowest BCUT2D eigenvalue weighted by Crippen LogP contribution is -2.00. The molecule has 4 heteroatoms. The maximum Gasteiger partial charge on any atom is 0.160 e. The highest BCUT2D eigenvalue weighted by atomic mass is 79.9. The molecule has 1 aromatic carbocycles. The largest absolute Gasteiger partial charge is 0.298 e. The molecule has 0 fully saturated rings. The summed E-state index contributed by atoms with van der Waals surface area (Å²) in [5.41, 5.74) is 0.917. The number of benzene rings is 1. The minimum atomic E-state index is -0.197. The van der Waals surface area contributed by atoms with Gasteiger partial charge in [-0.05, 0) is 35.0 Å². The molecule has 14 heavy (non-hydrogen) atoms. The summed E-state index contributed by atoms with van der Waals surface area (Å²) in [4.78, 5) is 21.7. The highest BCUT2D eigenvalue weighted by Gasteiger charge is 2.10. The van der Waals surface area contributed by atoms with Crippen molar-refractivity contribution in [3.8, 4) is 6.07 Å². The molecule has 0 N–H and O–H groups in total. The van der Waals surface area contributed by atoms with Crippen molar-refractivity contribution >= 4 is 28.0 Å². The van der Waals surface area contributed by atoms with Gasteiger partial charge in [0.1, 0.15) is 6.07 Å². The van der Waals surface area contributed by atoms with E-state index in [0.29, 0.717) is 21.9 Å². The molecule has 0 aliphatic rings. The Bertz CT molecular complexity index is 446. The molecule has 0 atom stereocenters. The molecule has 3 nitrogen and oxygen atoms in total. The monoisotopic (exact) mass is 251 g/mol. The van der Waals surface area contributed by atoms with Crippen LogP contribution in [0.25, 0.3) is 0 Å². The van der Waals surface area contributed by atoms with Gasteiger partial charge in [0, 0.05) is 15.6 Å². The number of rotatable bonds is 2. The molecule has 70 valence electrons. The van der Waals surface area contributed by atoms with Crippen LogP contribution in [-0.4, -0.2) is 12.1 Å². The smallest absolute Gasteiger partial charge is 0.160 e. The number of hydrogen-bond acceptors (Lipinski definition) is 3. The van der Waals surface area contributed by atoms with Gasteiger partial charge in [0.05, 0.1) is 5.56 Å². The zero-order valence-corrected chi connectivity index (χ0v) is 8.96. The van der Waals surface area contributed by atoms with Crippen molar-refractivity contribution in [1.29, 1.82) is 5.26 Å². The molecule has 0 aliphatic carbocycles. The van der Waals surface area contributed by atoms with Gasteiger partial charge in [-0.3, -0.25) is 9.59 Å². The van der Waals surface area contributed by atoms with Crippen molar-refractivity contribution < 1.29 is 9.59 Å². The van der Waals surface area contributed by atoms with Crippen LogP contribution in [-0.2, 0) is 0 Å². The van der Waals surface area contributed by atoms with Gasteiger partial charge in [-0.15, -0.1) is 0 Å². The zero-order valence-electron chi connectivity index (χ0n) is 7.37. The standard InChI is InChI=1S/C10H6BrNO2/c1-6(14)9-3-10(11)7(4-12)2-8(9)5-13/h2-3,5H,1H3. The Kier molecular flexibility index (Phi) is 3.15. The predicted molar refractivity (Wildman–Crippen MR) is 54.2 cm³/mol. The number of carbonyl (C=O) groups excluding carboxylic acids is 2. The molecule has 0 amide bonds. The Morgan fingerprint density at radius 3 is 2.64 bits per heavy atom. The number of nitriles is 1. The van der Waals surface area contributed by atoms with Gasteiger partial charge in [-0.1, -0.05) is 0 Å². The number of hydrogen-bond donors (Lipinski definition) is 0. The SMILES string of the molecule is CC(=O)c1cc(Br)c(C#N)cc1C=O. The summed E-state index contributed by atoms with van der Waals surface area (Å²) in [5, 5.41) is 8.69. The minimum absolute atomic E-state index is 0.197. The van der Waals surface area contributed by atoms with E-state index in [1.54, 1.807) is 0 Å². The van der Waals surface area contributed by atoms with Gasteiger partial charge in [0.2, 0.25) is 0 Å². The van der Waals surface area contributed by atoms with Crippen LogP contribution in [0.4, 0.5) is 0 Å². The van der Waals surface area contributed by atoms with E-state index in [9.17, 15) is 9.59 Å². The summed E-state index contributed by atoms with van der Waals surface area (Å²) < 4.78 is 0.524. The summed E-state index contributed by atoms with van der Waals surface area (Å²) in [6.45, 7) is 1.38. The molecule has 1 rings (SSSR count). The third kappa shape index (κ3) is 1.88. The quantitative estimate of drug-likeness (QED) is 0.599. The van der Waals surface area contributed by atoms with Crippen LogP contribution in [0.3, 0.4) is 0 Å². The summed E-state index contributed by atoms with van der Waals surface area (Å²) >= 11 is 3.15. The third-order valence-corrected chi connectivity index (χ3v) is 2.42. The van der Waals surface area contributed by atoms with E-state index in [0.717, 1.165) is 0 Å². The normalized spacial score (nSPS) is 9.21. The topological polar surface area (TPSA) is 57.9 Å². The third-order valence-electron chi connectivity index (χ3n) is 1.77. The Hall–Kier alpha value is -1.47. The summed E-state index contributed by atoms with van der Waals surface area (Å²) in [6, 6.07) is 4.81. The van der Waals surface area contributed by atoms with E-state index in [1.165, 1.54) is 19.1 Å². The van der Waals surface area contributed by atoms with E-state index in [4.69, 9.17) is 5.26 Å². The average Bonchev–Trinajstić information content (AvgIpc) is 2.17. The van der Waals surface area contributed by atoms with Crippen molar-refractivity contribution in [3.05, 3.63) is 33.3 Å². The van der Waals surface area contributed by atoms with Crippen LogP contribution in [0, 0.1) is 11.3 Å². The van der Waals surface area contributed by atoms with Crippen LogP contribution in [0.2, 0.25) is 0 Å². The molecule has 0 unspecified atom stereocenters. The van der Waals surface area contributed by atoms with E-state index in [1.807, 2.05) is 6.07 Å². The van der Waals surface area contributed by atoms with E-state index in [2.05, 4.69) is 15.9 Å². The first-order chi connectivity index (χ1) is 6.60. The number of nitrogens with zero attached hydrogens (tertiary/aromatic N) is 1. The Morgan fingerprint density at radius 2 is 2.21 bits per heavy atom. The van der Waals surface area contributed by atoms with Crippen molar-refractivity contribution in [2.75, 3.05) is 0 Å². The second-order valence-corrected chi connectivity index (χ2v) is 3.56. The van der Waals surface area contributed by atoms with Crippen molar-refractivity contribution in [2.24, 2.45) is 0 Å². The fourth-order valence-corrected chi connectivity index (χ4v) is 1.51. The number of ketones is 1. The van der Waals surface area contributed by atoms with Crippen LogP contribution in [0.1, 0.15) is 33.2 Å². The second-order valence-electron chi connectivity index (χ2n) is 2.71. The van der Waals surface area contributed by atoms with Crippen LogP contribution >= 0.6 is 15.9 Å². The molecule has 0 radical (unpaired) electrons. The first-order valence-electron chi connectivity index (χ1n) is 3.80. The van der Waals surface area contributed by atoms with Crippen molar-refractivity contribution in [1.82, 2.24) is 0 Å². The van der Waals surface area contributed by atoms with Crippen molar-refractivity contribution in [2.45, 2.75) is 6.92 Å². The fraction of sp³-hybridized carbons (Fsp3) is 0.100. The Labute approximate surface area is 89.5 Å². The molecule has 0 spiro atoms. The van der Waals surface area contributed by atoms with Gasteiger partial charge >= 0.3 is 0 Å². The van der Waals surface area contributed by atoms with Gasteiger partial charge in [0.25, 0.3) is 0 Å². The van der Waals surface area contributed by atoms with Crippen molar-refractivity contribution in [3.63, 3.8) is 0 Å². The highest BCUT2D eigenvalue weighted by molar-refractivity contribution is 9.10. The first kappa shape index (κ1) is 10.6. The summed E-state index contributed by atoms with van der Waals surface area (Å²) in [6.07, 6.45) is 0.573. The Balaban J connectivity index is 3.48. The van der Waals surface area contributed by atoms with E-state index >= 15 is 0 Å². The molecule has 0 bridgehead atoms. The number of aldehydes is 1. The average molecular weight is 252 g/mol. The van der Waals surface area contributed by atoms with Crippen LogP contribution in [0.15, 0.2) is 16.6 Å². The maximum absolute atomic E-state index is 11.1. The minimum Gasteiger partial charge on any atom is -0.298 e. The molecule has 0 heterocycles. The van der Waals surface area contributed by atoms with Gasteiger partial charge < -0.3 is 0 Å². The molecule has 0 aromatic heterocycles. The first-order valence-corrected chi connectivity index (χ1v) is 4.59. The van der Waals surface area contributed by atoms with Crippen LogP contribution in [0.5, 0.6) is 0 Å². The predicted octanol–water partition coefficient (Wildman–Crippen LogP) is 2.34. The Morgan fingerprint density at radius 1 is 1.57 bits per heavy atom. The van der Waals surface area contributed by atoms with Gasteiger partial charge in [-0.25, -0.2) is 0 Å². The maximum atomic E-state index is 11.1. The number of Topliss-reactive ketones (excluding diaryl/α,β-unsaturated/α-hetero) is 1. The molecule has 0 saturated heterocycles. The summed E-state index contributed by atoms with van der Waals surface area (Å²) in [7, 11) is 0. The molecular formula is C10H6BrNO2. The number of carbonyl (C=O) groups is 2. The fourth-order valence-electron chi connectivity index (χ4n) is 1.08. The molecule has 1 aromatic rings. The van der Waals surface area contributed by atoms with Crippen LogP contribution < -0.4 is 0 Å². The lowest BCUT2D eigenvalue weighted by atomic mass is 10.0. The number of halogens is 1. The lowest BCUT2D eigenvalue weighted by molar-refractivity contribution is 0.100. The molecule has 0 aliphatic heterocycles. The highest BCUT2D eigenvalue weighted by Crippen LogP contribution is 2.21. The van der Waals surface area contributed by atoms with E-state index < -0.39 is 0 Å². The molecular weight excluding hydrogens is 246 g/mol.